The molecule has 0 bridgehead atoms. The van der Waals surface area contributed by atoms with E-state index in [1.807, 2.05) is 0 Å². The van der Waals surface area contributed by atoms with E-state index in [2.05, 4.69) is 186 Å². The van der Waals surface area contributed by atoms with Gasteiger partial charge < -0.3 is 9.13 Å². The molecule has 0 aliphatic heterocycles. The molecule has 0 saturated carbocycles. The van der Waals surface area contributed by atoms with Crippen LogP contribution in [0.1, 0.15) is 18.5 Å². The van der Waals surface area contributed by atoms with E-state index in [0.29, 0.717) is 5.92 Å². The molecule has 0 saturated heterocycles. The van der Waals surface area contributed by atoms with Crippen molar-refractivity contribution in [3.63, 3.8) is 0 Å². The first-order chi connectivity index (χ1) is 25.7. The second-order valence-electron chi connectivity index (χ2n) is 14.1. The quantitative estimate of drug-likeness (QED) is 0.181. The van der Waals surface area contributed by atoms with E-state index in [4.69, 9.17) is 4.98 Å². The van der Waals surface area contributed by atoms with E-state index >= 15 is 0 Å². The van der Waals surface area contributed by atoms with E-state index < -0.39 is 0 Å². The summed E-state index contributed by atoms with van der Waals surface area (Å²) in [6, 6.07) is 55.4. The summed E-state index contributed by atoms with van der Waals surface area (Å²) in [7, 11) is 0. The number of rotatable bonds is 4. The summed E-state index contributed by atoms with van der Waals surface area (Å²) in [5.41, 5.74) is 10.8. The molecule has 2 unspecified atom stereocenters. The van der Waals surface area contributed by atoms with Gasteiger partial charge in [0.2, 0.25) is 0 Å². The molecular formula is C48H33N3S. The monoisotopic (exact) mass is 683 g/mol. The number of allylic oxidation sites excluding steroid dienone is 4. The number of thiazole rings is 1. The molecule has 10 aromatic rings. The average Bonchev–Trinajstić information content (AvgIpc) is 3.87. The summed E-state index contributed by atoms with van der Waals surface area (Å²) >= 11 is 1.77. The molecule has 4 heteroatoms. The van der Waals surface area contributed by atoms with Crippen LogP contribution in [-0.2, 0) is 0 Å². The van der Waals surface area contributed by atoms with Gasteiger partial charge in [0.15, 0.2) is 0 Å². The van der Waals surface area contributed by atoms with Gasteiger partial charge in [0.25, 0.3) is 0 Å². The molecule has 1 aliphatic rings. The average molecular weight is 684 g/mol. The Hall–Kier alpha value is -6.23. The lowest BCUT2D eigenvalue weighted by Crippen LogP contribution is -2.16. The van der Waals surface area contributed by atoms with Gasteiger partial charge in [0, 0.05) is 38.3 Å². The Bertz CT molecular complexity index is 3100. The van der Waals surface area contributed by atoms with E-state index in [0.717, 1.165) is 10.5 Å². The summed E-state index contributed by atoms with van der Waals surface area (Å²) in [5, 5.41) is 8.69. The standard InChI is InChI=1S/C48H33N3S/c1-30-19-20-33(34-23-24-41-47(27-34)52-48(49-41)35-22-21-31-11-5-6-12-32(31)25-35)26-44(30)51-43-18-10-8-16-38(43)40-28-39-37-15-7-9-17-42(37)50(45(39)29-46(40)51)36-13-3-2-4-14-36/h2-30,44H,1H3. The zero-order valence-electron chi connectivity index (χ0n) is 28.6. The maximum Gasteiger partial charge on any atom is 0.124 e. The molecule has 3 heterocycles. The predicted molar refractivity (Wildman–Crippen MR) is 222 cm³/mol. The molecule has 3 nitrogen and oxygen atoms in total. The van der Waals surface area contributed by atoms with Crippen molar-refractivity contribution in [2.45, 2.75) is 13.0 Å². The normalized spacial score (nSPS) is 16.2. The number of para-hydroxylation sites is 3. The van der Waals surface area contributed by atoms with Crippen LogP contribution in [0.3, 0.4) is 0 Å². The Morgan fingerprint density at radius 2 is 1.27 bits per heavy atom. The van der Waals surface area contributed by atoms with Crippen molar-refractivity contribution in [2.75, 3.05) is 0 Å². The number of benzene rings is 7. The molecule has 1 aliphatic carbocycles. The number of aromatic nitrogens is 3. The van der Waals surface area contributed by atoms with Gasteiger partial charge in [-0.05, 0) is 82.4 Å². The van der Waals surface area contributed by atoms with Crippen molar-refractivity contribution < 1.29 is 0 Å². The maximum absolute atomic E-state index is 5.06. The van der Waals surface area contributed by atoms with Gasteiger partial charge in [0.1, 0.15) is 5.01 Å². The molecule has 0 radical (unpaired) electrons. The molecule has 7 aromatic carbocycles. The third-order valence-electron chi connectivity index (χ3n) is 11.0. The predicted octanol–water partition coefficient (Wildman–Crippen LogP) is 13.2. The number of hydrogen-bond donors (Lipinski definition) is 0. The van der Waals surface area contributed by atoms with Crippen LogP contribution in [0.15, 0.2) is 170 Å². The first-order valence-electron chi connectivity index (χ1n) is 18.0. The van der Waals surface area contributed by atoms with Crippen LogP contribution in [0.2, 0.25) is 0 Å². The van der Waals surface area contributed by atoms with Crippen LogP contribution in [0.4, 0.5) is 0 Å². The molecular weight excluding hydrogens is 651 g/mol. The highest BCUT2D eigenvalue weighted by molar-refractivity contribution is 7.21. The minimum atomic E-state index is 0.139. The molecule has 3 aromatic heterocycles. The van der Waals surface area contributed by atoms with E-state index in [9.17, 15) is 0 Å². The zero-order valence-corrected chi connectivity index (χ0v) is 29.4. The molecule has 0 N–H and O–H groups in total. The molecule has 2 atom stereocenters. The van der Waals surface area contributed by atoms with Crippen LogP contribution in [0, 0.1) is 5.92 Å². The van der Waals surface area contributed by atoms with Crippen molar-refractivity contribution in [3.05, 3.63) is 175 Å². The summed E-state index contributed by atoms with van der Waals surface area (Å²) in [6.07, 6.45) is 7.18. The highest BCUT2D eigenvalue weighted by atomic mass is 32.1. The number of nitrogens with zero attached hydrogens (tertiary/aromatic N) is 3. The van der Waals surface area contributed by atoms with Crippen LogP contribution < -0.4 is 0 Å². The summed E-state index contributed by atoms with van der Waals surface area (Å²) < 4.78 is 6.22. The Kier molecular flexibility index (Phi) is 6.46. The maximum atomic E-state index is 5.06. The van der Waals surface area contributed by atoms with E-state index in [1.165, 1.54) is 81.5 Å². The van der Waals surface area contributed by atoms with Crippen LogP contribution >= 0.6 is 11.3 Å². The van der Waals surface area contributed by atoms with Gasteiger partial charge in [-0.2, -0.15) is 0 Å². The summed E-state index contributed by atoms with van der Waals surface area (Å²) in [5.74, 6) is 0.310. The van der Waals surface area contributed by atoms with Gasteiger partial charge in [-0.3, -0.25) is 0 Å². The summed E-state index contributed by atoms with van der Waals surface area (Å²) in [4.78, 5) is 5.06. The second kappa shape index (κ2) is 11.4. The molecule has 0 spiro atoms. The fourth-order valence-corrected chi connectivity index (χ4v) is 9.45. The smallest absolute Gasteiger partial charge is 0.124 e. The number of fused-ring (bicyclic) bond motifs is 8. The van der Waals surface area contributed by atoms with Gasteiger partial charge in [0.05, 0.1) is 32.8 Å². The fourth-order valence-electron chi connectivity index (χ4n) is 8.45. The second-order valence-corrected chi connectivity index (χ2v) is 15.1. The lowest BCUT2D eigenvalue weighted by molar-refractivity contribution is 0.512. The van der Waals surface area contributed by atoms with Crippen molar-refractivity contribution in [1.29, 1.82) is 0 Å². The van der Waals surface area contributed by atoms with Crippen LogP contribution in [-0.4, -0.2) is 14.1 Å². The minimum absolute atomic E-state index is 0.139. The van der Waals surface area contributed by atoms with Crippen molar-refractivity contribution in [3.8, 4) is 16.3 Å². The fraction of sp³-hybridized carbons (Fsp3) is 0.0625. The summed E-state index contributed by atoms with van der Waals surface area (Å²) in [6.45, 7) is 2.34. The number of hydrogen-bond acceptors (Lipinski definition) is 2. The van der Waals surface area contributed by atoms with Gasteiger partial charge in [-0.25, -0.2) is 4.98 Å². The van der Waals surface area contributed by atoms with Crippen molar-refractivity contribution >= 4 is 81.5 Å². The van der Waals surface area contributed by atoms with Gasteiger partial charge in [-0.1, -0.05) is 122 Å². The van der Waals surface area contributed by atoms with Crippen LogP contribution in [0.5, 0.6) is 0 Å². The SMILES string of the molecule is CC1C=CC(c2ccc3nc(-c4ccc5ccccc5c4)sc3c2)=CC1n1c2ccccc2c2cc3c4ccccc4n(-c4ccccc4)c3cc21. The molecule has 246 valence electrons. The minimum Gasteiger partial charge on any atom is -0.333 e. The third kappa shape index (κ3) is 4.47. The Morgan fingerprint density at radius 3 is 2.13 bits per heavy atom. The largest absolute Gasteiger partial charge is 0.333 e. The zero-order chi connectivity index (χ0) is 34.3. The van der Waals surface area contributed by atoms with E-state index in [1.54, 1.807) is 11.3 Å². The third-order valence-corrected chi connectivity index (χ3v) is 12.1. The topological polar surface area (TPSA) is 22.8 Å². The first-order valence-corrected chi connectivity index (χ1v) is 18.8. The Labute approximate surface area is 305 Å². The van der Waals surface area contributed by atoms with E-state index in [-0.39, 0.29) is 6.04 Å². The highest BCUT2D eigenvalue weighted by Gasteiger charge is 2.25. The Morgan fingerprint density at radius 1 is 0.558 bits per heavy atom. The lowest BCUT2D eigenvalue weighted by atomic mass is 9.89. The van der Waals surface area contributed by atoms with Gasteiger partial charge >= 0.3 is 0 Å². The van der Waals surface area contributed by atoms with Crippen LogP contribution in [0.25, 0.3) is 86.4 Å². The molecule has 0 fully saturated rings. The Balaban J connectivity index is 1.07. The molecule has 0 amide bonds. The lowest BCUT2D eigenvalue weighted by Gasteiger charge is -2.27. The molecule has 52 heavy (non-hydrogen) atoms. The first kappa shape index (κ1) is 29.5. The van der Waals surface area contributed by atoms with Crippen molar-refractivity contribution in [1.82, 2.24) is 14.1 Å². The van der Waals surface area contributed by atoms with Gasteiger partial charge in [-0.15, -0.1) is 11.3 Å². The highest BCUT2D eigenvalue weighted by Crippen LogP contribution is 2.43. The van der Waals surface area contributed by atoms with Crippen molar-refractivity contribution in [2.24, 2.45) is 5.92 Å². The molecule has 11 rings (SSSR count).